The Morgan fingerprint density at radius 2 is 1.36 bits per heavy atom. The van der Waals surface area contributed by atoms with Gasteiger partial charge in [-0.3, -0.25) is 4.79 Å². The Morgan fingerprint density at radius 1 is 0.758 bits per heavy atom. The van der Waals surface area contributed by atoms with Crippen LogP contribution in [0.5, 0.6) is 0 Å². The van der Waals surface area contributed by atoms with Crippen LogP contribution in [-0.4, -0.2) is 50.1 Å². The number of amides is 3. The molecule has 0 aromatic heterocycles. The number of piperazine rings is 1. The fourth-order valence-corrected chi connectivity index (χ4v) is 3.81. The molecule has 0 aliphatic carbocycles. The molecule has 0 bridgehead atoms. The van der Waals surface area contributed by atoms with Gasteiger partial charge in [-0.05, 0) is 55.1 Å². The number of hydrogen-bond donors (Lipinski definition) is 3. The SMILES string of the molecule is CN1CCN(c2ccccc2CNC(=O)c2ccc(NC(=O)Nc3ccccc3)cc2)CC1. The van der Waals surface area contributed by atoms with E-state index in [1.54, 1.807) is 24.3 Å². The van der Waals surface area contributed by atoms with Crippen molar-refractivity contribution in [3.8, 4) is 0 Å². The van der Waals surface area contributed by atoms with E-state index in [1.165, 1.54) is 5.69 Å². The lowest BCUT2D eigenvalue weighted by Gasteiger charge is -2.35. The largest absolute Gasteiger partial charge is 0.369 e. The standard InChI is InChI=1S/C26H29N5O2/c1-30-15-17-31(18-16-30)24-10-6-5-7-21(24)19-27-25(32)20-11-13-23(14-12-20)29-26(33)28-22-8-3-2-4-9-22/h2-14H,15-19H2,1H3,(H,27,32)(H2,28,29,33). The van der Waals surface area contributed by atoms with Crippen molar-refractivity contribution in [2.24, 2.45) is 0 Å². The molecule has 1 fully saturated rings. The lowest BCUT2D eigenvalue weighted by Crippen LogP contribution is -2.45. The predicted molar refractivity (Wildman–Crippen MR) is 133 cm³/mol. The monoisotopic (exact) mass is 443 g/mol. The van der Waals surface area contributed by atoms with Gasteiger partial charge in [0.05, 0.1) is 0 Å². The third-order valence-electron chi connectivity index (χ3n) is 5.71. The van der Waals surface area contributed by atoms with Gasteiger partial charge in [-0.2, -0.15) is 0 Å². The zero-order valence-electron chi connectivity index (χ0n) is 18.8. The second kappa shape index (κ2) is 10.7. The molecule has 3 N–H and O–H groups in total. The van der Waals surface area contributed by atoms with E-state index < -0.39 is 0 Å². The van der Waals surface area contributed by atoms with Crippen LogP contribution in [0.4, 0.5) is 21.9 Å². The van der Waals surface area contributed by atoms with E-state index in [4.69, 9.17) is 0 Å². The molecule has 1 heterocycles. The Morgan fingerprint density at radius 3 is 2.06 bits per heavy atom. The fraction of sp³-hybridized carbons (Fsp3) is 0.231. The zero-order valence-corrected chi connectivity index (χ0v) is 18.8. The summed E-state index contributed by atoms with van der Waals surface area (Å²) in [6.07, 6.45) is 0. The Kier molecular flexibility index (Phi) is 7.22. The average molecular weight is 444 g/mol. The lowest BCUT2D eigenvalue weighted by molar-refractivity contribution is 0.0951. The van der Waals surface area contributed by atoms with Gasteiger partial charge in [0.15, 0.2) is 0 Å². The summed E-state index contributed by atoms with van der Waals surface area (Å²) in [5, 5.41) is 8.56. The van der Waals surface area contributed by atoms with Crippen LogP contribution in [0.15, 0.2) is 78.9 Å². The molecule has 1 saturated heterocycles. The van der Waals surface area contributed by atoms with Crippen LogP contribution < -0.4 is 20.9 Å². The van der Waals surface area contributed by atoms with Gasteiger partial charge in [-0.25, -0.2) is 4.79 Å². The highest BCUT2D eigenvalue weighted by Crippen LogP contribution is 2.22. The number of rotatable bonds is 6. The number of carbonyl (C=O) groups is 2. The molecule has 7 nitrogen and oxygen atoms in total. The summed E-state index contributed by atoms with van der Waals surface area (Å²) in [5.41, 5.74) is 4.14. The number of para-hydroxylation sites is 2. The van der Waals surface area contributed by atoms with Crippen molar-refractivity contribution in [3.05, 3.63) is 90.0 Å². The number of urea groups is 1. The van der Waals surface area contributed by atoms with Crippen molar-refractivity contribution < 1.29 is 9.59 Å². The molecule has 33 heavy (non-hydrogen) atoms. The first kappa shape index (κ1) is 22.4. The lowest BCUT2D eigenvalue weighted by atomic mass is 10.1. The van der Waals surface area contributed by atoms with E-state index >= 15 is 0 Å². The zero-order chi connectivity index (χ0) is 23.0. The average Bonchev–Trinajstić information content (AvgIpc) is 2.84. The van der Waals surface area contributed by atoms with E-state index in [2.05, 4.69) is 44.9 Å². The van der Waals surface area contributed by atoms with Crippen LogP contribution in [0.1, 0.15) is 15.9 Å². The van der Waals surface area contributed by atoms with Crippen LogP contribution >= 0.6 is 0 Å². The quantitative estimate of drug-likeness (QED) is 0.538. The molecule has 0 saturated carbocycles. The normalized spacial score (nSPS) is 13.9. The second-order valence-electron chi connectivity index (χ2n) is 8.12. The molecule has 3 aromatic carbocycles. The predicted octanol–water partition coefficient (Wildman–Crippen LogP) is 4.01. The molecule has 0 unspecified atom stereocenters. The molecule has 170 valence electrons. The molecule has 0 spiro atoms. The van der Waals surface area contributed by atoms with Gasteiger partial charge < -0.3 is 25.8 Å². The van der Waals surface area contributed by atoms with Gasteiger partial charge in [0, 0.05) is 55.3 Å². The first-order chi connectivity index (χ1) is 16.1. The molecule has 0 atom stereocenters. The van der Waals surface area contributed by atoms with E-state index in [9.17, 15) is 9.59 Å². The van der Waals surface area contributed by atoms with Gasteiger partial charge >= 0.3 is 6.03 Å². The maximum absolute atomic E-state index is 12.7. The summed E-state index contributed by atoms with van der Waals surface area (Å²) >= 11 is 0. The summed E-state index contributed by atoms with van der Waals surface area (Å²) in [6.45, 7) is 4.48. The number of carbonyl (C=O) groups excluding carboxylic acids is 2. The molecule has 0 radical (unpaired) electrons. The molecule has 3 aromatic rings. The Balaban J connectivity index is 1.32. The van der Waals surface area contributed by atoms with Crippen molar-refractivity contribution in [2.75, 3.05) is 48.8 Å². The van der Waals surface area contributed by atoms with Crippen LogP contribution in [0, 0.1) is 0 Å². The first-order valence-corrected chi connectivity index (χ1v) is 11.1. The highest BCUT2D eigenvalue weighted by atomic mass is 16.2. The highest BCUT2D eigenvalue weighted by Gasteiger charge is 2.17. The van der Waals surface area contributed by atoms with Crippen molar-refractivity contribution >= 4 is 29.0 Å². The van der Waals surface area contributed by atoms with E-state index in [0.717, 1.165) is 31.7 Å². The van der Waals surface area contributed by atoms with Gasteiger partial charge in [0.2, 0.25) is 0 Å². The summed E-state index contributed by atoms with van der Waals surface area (Å²) in [7, 11) is 2.14. The second-order valence-corrected chi connectivity index (χ2v) is 8.12. The highest BCUT2D eigenvalue weighted by molar-refractivity contribution is 6.00. The Hall–Kier alpha value is -3.84. The third-order valence-corrected chi connectivity index (χ3v) is 5.71. The number of hydrogen-bond acceptors (Lipinski definition) is 4. The van der Waals surface area contributed by atoms with Crippen molar-refractivity contribution in [3.63, 3.8) is 0 Å². The minimum atomic E-state index is -0.334. The third kappa shape index (κ3) is 6.11. The van der Waals surface area contributed by atoms with Gasteiger partial charge in [0.25, 0.3) is 5.91 Å². The molecule has 3 amide bonds. The van der Waals surface area contributed by atoms with Crippen LogP contribution in [0.2, 0.25) is 0 Å². The van der Waals surface area contributed by atoms with Crippen molar-refractivity contribution in [1.29, 1.82) is 0 Å². The smallest absolute Gasteiger partial charge is 0.323 e. The summed E-state index contributed by atoms with van der Waals surface area (Å²) in [5.74, 6) is -0.150. The fourth-order valence-electron chi connectivity index (χ4n) is 3.81. The summed E-state index contributed by atoms with van der Waals surface area (Å²) in [4.78, 5) is 29.5. The molecule has 1 aliphatic rings. The molecule has 4 rings (SSSR count). The van der Waals surface area contributed by atoms with Crippen LogP contribution in [0.25, 0.3) is 0 Å². The van der Waals surface area contributed by atoms with E-state index in [0.29, 0.717) is 23.5 Å². The number of anilines is 3. The van der Waals surface area contributed by atoms with Gasteiger partial charge in [0.1, 0.15) is 0 Å². The number of benzene rings is 3. The maximum Gasteiger partial charge on any atom is 0.323 e. The van der Waals surface area contributed by atoms with E-state index in [1.807, 2.05) is 42.5 Å². The summed E-state index contributed by atoms with van der Waals surface area (Å²) in [6, 6.07) is 24.0. The van der Waals surface area contributed by atoms with Gasteiger partial charge in [-0.1, -0.05) is 36.4 Å². The molecule has 7 heteroatoms. The van der Waals surface area contributed by atoms with Crippen molar-refractivity contribution in [1.82, 2.24) is 10.2 Å². The summed E-state index contributed by atoms with van der Waals surface area (Å²) < 4.78 is 0. The van der Waals surface area contributed by atoms with Crippen LogP contribution in [-0.2, 0) is 6.54 Å². The topological polar surface area (TPSA) is 76.7 Å². The van der Waals surface area contributed by atoms with E-state index in [-0.39, 0.29) is 11.9 Å². The maximum atomic E-state index is 12.7. The molecular formula is C26H29N5O2. The first-order valence-electron chi connectivity index (χ1n) is 11.1. The number of likely N-dealkylation sites (N-methyl/N-ethyl adjacent to an activating group) is 1. The number of nitrogens with one attached hydrogen (secondary N) is 3. The number of nitrogens with zero attached hydrogens (tertiary/aromatic N) is 2. The minimum Gasteiger partial charge on any atom is -0.369 e. The Labute approximate surface area is 194 Å². The van der Waals surface area contributed by atoms with Crippen molar-refractivity contribution in [2.45, 2.75) is 6.54 Å². The molecular weight excluding hydrogens is 414 g/mol. The molecule has 1 aliphatic heterocycles. The van der Waals surface area contributed by atoms with Crippen LogP contribution in [0.3, 0.4) is 0 Å². The Bertz CT molecular complexity index is 1080. The minimum absolute atomic E-state index is 0.150. The van der Waals surface area contributed by atoms with Gasteiger partial charge in [-0.15, -0.1) is 0 Å².